The van der Waals surface area contributed by atoms with Crippen LogP contribution in [-0.4, -0.2) is 16.6 Å². The minimum absolute atomic E-state index is 0.0348. The van der Waals surface area contributed by atoms with Gasteiger partial charge in [0.1, 0.15) is 5.52 Å². The number of hydrogen-bond acceptors (Lipinski definition) is 4. The van der Waals surface area contributed by atoms with Crippen LogP contribution in [-0.2, 0) is 4.79 Å². The first-order valence-electron chi connectivity index (χ1n) is 8.05. The molecule has 0 radical (unpaired) electrons. The van der Waals surface area contributed by atoms with Crippen molar-refractivity contribution in [2.75, 3.05) is 0 Å². The Morgan fingerprint density at radius 3 is 2.79 bits per heavy atom. The fourth-order valence-corrected chi connectivity index (χ4v) is 3.40. The predicted molar refractivity (Wildman–Crippen MR) is 90.5 cm³/mol. The van der Waals surface area contributed by atoms with Crippen molar-refractivity contribution in [2.45, 2.75) is 13.3 Å². The van der Waals surface area contributed by atoms with E-state index in [1.165, 1.54) is 0 Å². The number of carbonyl (C=O) groups excluding carboxylic acids is 1. The second-order valence-electron chi connectivity index (χ2n) is 6.45. The molecule has 5 heteroatoms. The van der Waals surface area contributed by atoms with E-state index in [-0.39, 0.29) is 17.7 Å². The molecule has 1 aliphatic heterocycles. The molecule has 1 aliphatic carbocycles. The third-order valence-corrected chi connectivity index (χ3v) is 4.77. The molecule has 2 heterocycles. The number of oxazole rings is 1. The molecule has 5 rings (SSSR count). The van der Waals surface area contributed by atoms with E-state index in [2.05, 4.69) is 21.6 Å². The first-order valence-corrected chi connectivity index (χ1v) is 8.05. The fourth-order valence-electron chi connectivity index (χ4n) is 3.40. The third-order valence-electron chi connectivity index (χ3n) is 4.77. The predicted octanol–water partition coefficient (Wildman–Crippen LogP) is 3.27. The maximum atomic E-state index is 11.6. The van der Waals surface area contributed by atoms with Gasteiger partial charge in [-0.1, -0.05) is 18.2 Å². The lowest BCUT2D eigenvalue weighted by Gasteiger charge is -2.12. The number of amides is 1. The minimum atomic E-state index is 0.0348. The zero-order valence-electron chi connectivity index (χ0n) is 13.1. The molecule has 0 bridgehead atoms. The lowest BCUT2D eigenvalue weighted by molar-refractivity contribution is -0.122. The summed E-state index contributed by atoms with van der Waals surface area (Å²) in [6, 6.07) is 13.9. The van der Waals surface area contributed by atoms with Crippen LogP contribution in [0.5, 0.6) is 0 Å². The van der Waals surface area contributed by atoms with Crippen LogP contribution in [0.2, 0.25) is 0 Å². The van der Waals surface area contributed by atoms with Crippen LogP contribution in [0.25, 0.3) is 22.6 Å². The Balaban J connectivity index is 1.62. The highest BCUT2D eigenvalue weighted by molar-refractivity contribution is 6.10. The number of hydrogen-bond donors (Lipinski definition) is 1. The molecule has 1 saturated carbocycles. The normalized spacial score (nSPS) is 22.0. The van der Waals surface area contributed by atoms with Crippen LogP contribution in [0.4, 0.5) is 0 Å². The lowest BCUT2D eigenvalue weighted by Crippen LogP contribution is -2.28. The van der Waals surface area contributed by atoms with Crippen molar-refractivity contribution in [1.82, 2.24) is 10.4 Å². The van der Waals surface area contributed by atoms with Crippen LogP contribution in [0.3, 0.4) is 0 Å². The molecular formula is C19H15N3O2. The van der Waals surface area contributed by atoms with E-state index in [9.17, 15) is 4.79 Å². The summed E-state index contributed by atoms with van der Waals surface area (Å²) in [6.07, 6.45) is 0.882. The van der Waals surface area contributed by atoms with Crippen LogP contribution in [0, 0.1) is 18.8 Å². The van der Waals surface area contributed by atoms with Crippen LogP contribution in [0.1, 0.15) is 17.5 Å². The summed E-state index contributed by atoms with van der Waals surface area (Å²) in [5.74, 6) is 0.983. The number of carbonyl (C=O) groups is 1. The summed E-state index contributed by atoms with van der Waals surface area (Å²) >= 11 is 0. The molecule has 1 N–H and O–H groups in total. The highest BCUT2D eigenvalue weighted by atomic mass is 16.3. The van der Waals surface area contributed by atoms with Gasteiger partial charge in [0, 0.05) is 23.0 Å². The molecule has 5 nitrogen and oxygen atoms in total. The molecule has 2 aliphatic rings. The van der Waals surface area contributed by atoms with Gasteiger partial charge in [-0.3, -0.25) is 4.79 Å². The van der Waals surface area contributed by atoms with Crippen molar-refractivity contribution in [1.29, 1.82) is 0 Å². The Labute approximate surface area is 138 Å². The van der Waals surface area contributed by atoms with Crippen LogP contribution < -0.4 is 5.43 Å². The van der Waals surface area contributed by atoms with E-state index in [1.807, 2.05) is 43.3 Å². The van der Waals surface area contributed by atoms with Crippen molar-refractivity contribution in [3.63, 3.8) is 0 Å². The number of fused-ring (bicyclic) bond motifs is 2. The van der Waals surface area contributed by atoms with E-state index in [1.54, 1.807) is 0 Å². The Morgan fingerprint density at radius 2 is 1.96 bits per heavy atom. The van der Waals surface area contributed by atoms with Crippen LogP contribution in [0.15, 0.2) is 52.0 Å². The Kier molecular flexibility index (Phi) is 2.68. The molecule has 0 spiro atoms. The quantitative estimate of drug-likeness (QED) is 0.789. The highest BCUT2D eigenvalue weighted by Gasteiger charge is 2.49. The number of rotatable bonds is 2. The first kappa shape index (κ1) is 13.5. The standard InChI is InChI=1S/C19H15N3O2/c1-10-7-12(17-13-9-14(13)18(23)22-21-17)8-15-16(10)20-19(24-15)11-5-3-2-4-6-11/h2-8,13-14H,9H2,1H3,(H,22,23). The molecule has 2 unspecified atom stereocenters. The van der Waals surface area contributed by atoms with Gasteiger partial charge in [0.2, 0.25) is 11.8 Å². The molecule has 24 heavy (non-hydrogen) atoms. The van der Waals surface area contributed by atoms with Gasteiger partial charge in [0.15, 0.2) is 5.58 Å². The van der Waals surface area contributed by atoms with E-state index in [0.717, 1.165) is 39.9 Å². The number of hydrazone groups is 1. The van der Waals surface area contributed by atoms with Crippen molar-refractivity contribution in [2.24, 2.45) is 16.9 Å². The molecule has 2 atom stereocenters. The molecule has 0 saturated heterocycles. The monoisotopic (exact) mass is 317 g/mol. The second kappa shape index (κ2) is 4.77. The number of aryl methyl sites for hydroxylation is 1. The van der Waals surface area contributed by atoms with Crippen molar-refractivity contribution < 1.29 is 9.21 Å². The molecule has 1 amide bonds. The van der Waals surface area contributed by atoms with Crippen molar-refractivity contribution >= 4 is 22.7 Å². The Morgan fingerprint density at radius 1 is 1.12 bits per heavy atom. The average molecular weight is 317 g/mol. The maximum absolute atomic E-state index is 11.6. The number of benzene rings is 2. The van der Waals surface area contributed by atoms with Gasteiger partial charge in [0.25, 0.3) is 0 Å². The SMILES string of the molecule is Cc1cc(C2=NNC(=O)C3CC23)cc2oc(-c3ccccc3)nc12. The lowest BCUT2D eigenvalue weighted by atomic mass is 10.0. The molecule has 118 valence electrons. The zero-order chi connectivity index (χ0) is 16.3. The van der Waals surface area contributed by atoms with Crippen LogP contribution >= 0.6 is 0 Å². The summed E-state index contributed by atoms with van der Waals surface area (Å²) in [5.41, 5.74) is 8.19. The van der Waals surface area contributed by atoms with Gasteiger partial charge in [-0.25, -0.2) is 10.4 Å². The van der Waals surface area contributed by atoms with Gasteiger partial charge in [-0.15, -0.1) is 0 Å². The Hall–Kier alpha value is -2.95. The molecule has 1 fully saturated rings. The number of nitrogens with one attached hydrogen (secondary N) is 1. The first-order chi connectivity index (χ1) is 11.7. The van der Waals surface area contributed by atoms with E-state index in [4.69, 9.17) is 4.42 Å². The minimum Gasteiger partial charge on any atom is -0.436 e. The van der Waals surface area contributed by atoms with Gasteiger partial charge in [-0.2, -0.15) is 5.10 Å². The summed E-state index contributed by atoms with van der Waals surface area (Å²) in [6.45, 7) is 2.02. The van der Waals surface area contributed by atoms with Gasteiger partial charge >= 0.3 is 0 Å². The summed E-state index contributed by atoms with van der Waals surface area (Å²) in [4.78, 5) is 16.2. The average Bonchev–Trinajstić information content (AvgIpc) is 3.28. The summed E-state index contributed by atoms with van der Waals surface area (Å²) in [7, 11) is 0. The fraction of sp³-hybridized carbons (Fsp3) is 0.211. The summed E-state index contributed by atoms with van der Waals surface area (Å²) in [5, 5.41) is 4.27. The molecule has 1 aromatic heterocycles. The van der Waals surface area contributed by atoms with E-state index >= 15 is 0 Å². The van der Waals surface area contributed by atoms with E-state index in [0.29, 0.717) is 5.89 Å². The molecular weight excluding hydrogens is 302 g/mol. The largest absolute Gasteiger partial charge is 0.436 e. The van der Waals surface area contributed by atoms with Gasteiger partial charge < -0.3 is 4.42 Å². The van der Waals surface area contributed by atoms with E-state index < -0.39 is 0 Å². The zero-order valence-corrected chi connectivity index (χ0v) is 13.1. The molecule has 3 aromatic rings. The highest BCUT2D eigenvalue weighted by Crippen LogP contribution is 2.44. The molecule has 2 aromatic carbocycles. The topological polar surface area (TPSA) is 67.5 Å². The Bertz CT molecular complexity index is 1000. The smallest absolute Gasteiger partial charge is 0.243 e. The van der Waals surface area contributed by atoms with Crippen molar-refractivity contribution in [3.8, 4) is 11.5 Å². The maximum Gasteiger partial charge on any atom is 0.243 e. The second-order valence-corrected chi connectivity index (χ2v) is 6.45. The summed E-state index contributed by atoms with van der Waals surface area (Å²) < 4.78 is 5.98. The number of nitrogens with zero attached hydrogens (tertiary/aromatic N) is 2. The van der Waals surface area contributed by atoms with Gasteiger partial charge in [0.05, 0.1) is 5.71 Å². The third kappa shape index (κ3) is 1.98. The number of aromatic nitrogens is 1. The van der Waals surface area contributed by atoms with Crippen molar-refractivity contribution in [3.05, 3.63) is 53.6 Å². The van der Waals surface area contributed by atoms with Gasteiger partial charge in [-0.05, 0) is 43.2 Å².